The van der Waals surface area contributed by atoms with Crippen molar-refractivity contribution in [1.82, 2.24) is 14.9 Å². The Labute approximate surface area is 218 Å². The molecular weight excluding hydrogens is 478 g/mol. The first-order valence-electron chi connectivity index (χ1n) is 13.5. The number of benzene rings is 1. The number of carboxylic acid groups (broad SMARTS) is 1. The molecule has 0 bridgehead atoms. The Bertz CT molecular complexity index is 963. The quantitative estimate of drug-likeness (QED) is 0.398. The normalized spacial score (nSPS) is 23.1. The summed E-state index contributed by atoms with van der Waals surface area (Å²) in [6.45, 7) is 6.81. The van der Waals surface area contributed by atoms with Crippen molar-refractivity contribution in [3.05, 3.63) is 23.8 Å². The van der Waals surface area contributed by atoms with Crippen molar-refractivity contribution in [3.8, 4) is 11.5 Å². The molecule has 1 aromatic rings. The number of likely N-dealkylation sites (tertiary alicyclic amines) is 2. The molecular formula is C27H39N3O7. The van der Waals surface area contributed by atoms with Crippen LogP contribution in [0.4, 0.5) is 0 Å². The lowest BCUT2D eigenvalue weighted by Gasteiger charge is -2.30. The summed E-state index contributed by atoms with van der Waals surface area (Å²) in [4.78, 5) is 47.8. The fourth-order valence-corrected chi connectivity index (χ4v) is 5.58. The molecule has 1 aromatic carbocycles. The van der Waals surface area contributed by atoms with E-state index in [1.807, 2.05) is 34.9 Å². The van der Waals surface area contributed by atoms with Crippen molar-refractivity contribution in [3.63, 3.8) is 0 Å². The van der Waals surface area contributed by atoms with Crippen LogP contribution < -0.4 is 9.47 Å². The topological polar surface area (TPSA) is 109 Å². The van der Waals surface area contributed by atoms with Crippen molar-refractivity contribution in [2.45, 2.75) is 64.3 Å². The van der Waals surface area contributed by atoms with Crippen molar-refractivity contribution >= 4 is 17.8 Å². The zero-order chi connectivity index (χ0) is 26.4. The molecule has 10 heteroatoms. The molecule has 4 rings (SSSR count). The first kappa shape index (κ1) is 27.2. The van der Waals surface area contributed by atoms with Crippen molar-refractivity contribution in [1.29, 1.82) is 0 Å². The predicted octanol–water partition coefficient (Wildman–Crippen LogP) is 2.87. The molecule has 2 amide bonds. The molecule has 10 nitrogen and oxygen atoms in total. The van der Waals surface area contributed by atoms with Crippen LogP contribution in [0.15, 0.2) is 18.2 Å². The maximum atomic E-state index is 13.4. The van der Waals surface area contributed by atoms with Crippen LogP contribution in [-0.2, 0) is 19.2 Å². The van der Waals surface area contributed by atoms with Crippen molar-refractivity contribution in [2.24, 2.45) is 5.92 Å². The first-order valence-corrected chi connectivity index (χ1v) is 13.5. The molecule has 0 saturated carbocycles. The third-order valence-electron chi connectivity index (χ3n) is 7.51. The van der Waals surface area contributed by atoms with Gasteiger partial charge in [0.15, 0.2) is 11.5 Å². The number of carboxylic acids is 1. The number of amides is 2. The van der Waals surface area contributed by atoms with Crippen LogP contribution in [0.1, 0.15) is 63.9 Å². The molecule has 0 radical (unpaired) electrons. The lowest BCUT2D eigenvalue weighted by molar-refractivity contribution is -0.188. The number of rotatable bonds is 13. The maximum absolute atomic E-state index is 13.4. The van der Waals surface area contributed by atoms with E-state index in [1.54, 1.807) is 0 Å². The van der Waals surface area contributed by atoms with E-state index in [1.165, 1.54) is 5.06 Å². The Morgan fingerprint density at radius 1 is 1.19 bits per heavy atom. The van der Waals surface area contributed by atoms with E-state index in [-0.39, 0.29) is 31.1 Å². The van der Waals surface area contributed by atoms with Gasteiger partial charge in [-0.3, -0.25) is 24.1 Å². The fraction of sp³-hybridized carbons (Fsp3) is 0.667. The van der Waals surface area contributed by atoms with Crippen LogP contribution >= 0.6 is 0 Å². The van der Waals surface area contributed by atoms with E-state index in [4.69, 9.17) is 14.3 Å². The van der Waals surface area contributed by atoms with Gasteiger partial charge in [-0.15, -0.1) is 0 Å². The van der Waals surface area contributed by atoms with E-state index in [9.17, 15) is 19.5 Å². The van der Waals surface area contributed by atoms with E-state index in [0.717, 1.165) is 31.2 Å². The van der Waals surface area contributed by atoms with Crippen LogP contribution in [0.5, 0.6) is 11.5 Å². The summed E-state index contributed by atoms with van der Waals surface area (Å²) in [6.07, 6.45) is 4.41. The van der Waals surface area contributed by atoms with Gasteiger partial charge in [0, 0.05) is 44.6 Å². The molecule has 1 N–H and O–H groups in total. The Kier molecular flexibility index (Phi) is 9.26. The number of hydrogen-bond acceptors (Lipinski definition) is 7. The zero-order valence-corrected chi connectivity index (χ0v) is 21.9. The Morgan fingerprint density at radius 2 is 2.00 bits per heavy atom. The number of hydroxylamine groups is 2. The number of ether oxygens (including phenoxy) is 2. The van der Waals surface area contributed by atoms with Gasteiger partial charge in [0.2, 0.25) is 12.7 Å². The summed E-state index contributed by atoms with van der Waals surface area (Å²) in [6, 6.07) is 5.16. The average molecular weight is 518 g/mol. The largest absolute Gasteiger partial charge is 0.481 e. The van der Waals surface area contributed by atoms with Gasteiger partial charge < -0.3 is 19.5 Å². The van der Waals surface area contributed by atoms with Crippen LogP contribution in [0, 0.1) is 5.92 Å². The van der Waals surface area contributed by atoms with Crippen LogP contribution in [0.3, 0.4) is 0 Å². The molecule has 0 spiro atoms. The van der Waals surface area contributed by atoms with Gasteiger partial charge in [0.1, 0.15) is 0 Å². The van der Waals surface area contributed by atoms with Crippen LogP contribution in [-0.4, -0.2) is 89.9 Å². The van der Waals surface area contributed by atoms with Gasteiger partial charge in [-0.1, -0.05) is 26.3 Å². The fourth-order valence-electron chi connectivity index (χ4n) is 5.58. The molecule has 3 aliphatic heterocycles. The molecule has 204 valence electrons. The second-order valence-electron chi connectivity index (χ2n) is 10.0. The Hall–Kier alpha value is -2.85. The smallest absolute Gasteiger partial charge is 0.308 e. The second-order valence-corrected chi connectivity index (χ2v) is 10.0. The lowest BCUT2D eigenvalue weighted by atomic mass is 9.84. The molecule has 0 aromatic heterocycles. The Morgan fingerprint density at radius 3 is 2.70 bits per heavy atom. The number of hydrogen-bond donors (Lipinski definition) is 1. The van der Waals surface area contributed by atoms with E-state index in [0.29, 0.717) is 57.1 Å². The SMILES string of the molecule is CCCCN(OCCC)C(=O)CN1C[C@H](c2ccc3c(c2)OCO3)[C@@H](C(=O)O)[C@@H]1CCN1CCCC1=O. The van der Waals surface area contributed by atoms with Crippen molar-refractivity contribution in [2.75, 3.05) is 46.1 Å². The summed E-state index contributed by atoms with van der Waals surface area (Å²) in [5.74, 6) is -0.775. The van der Waals surface area contributed by atoms with E-state index in [2.05, 4.69) is 6.92 Å². The minimum absolute atomic E-state index is 0.0663. The van der Waals surface area contributed by atoms with Gasteiger partial charge >= 0.3 is 5.97 Å². The summed E-state index contributed by atoms with van der Waals surface area (Å²) in [5.41, 5.74) is 0.846. The molecule has 37 heavy (non-hydrogen) atoms. The first-order chi connectivity index (χ1) is 17.9. The Balaban J connectivity index is 1.57. The number of aliphatic carboxylic acids is 1. The van der Waals surface area contributed by atoms with E-state index < -0.39 is 17.9 Å². The van der Waals surface area contributed by atoms with Gasteiger partial charge in [-0.05, 0) is 43.4 Å². The molecule has 3 heterocycles. The highest BCUT2D eigenvalue weighted by Crippen LogP contribution is 2.42. The van der Waals surface area contributed by atoms with Gasteiger partial charge in [-0.25, -0.2) is 5.06 Å². The summed E-state index contributed by atoms with van der Waals surface area (Å²) < 4.78 is 11.0. The number of nitrogens with zero attached hydrogens (tertiary/aromatic N) is 3. The maximum Gasteiger partial charge on any atom is 0.308 e. The molecule has 3 aliphatic rings. The minimum atomic E-state index is -0.902. The standard InChI is InChI=1S/C27H39N3O7/c1-3-5-12-30(37-14-4-2)25(32)17-29-16-20(19-8-9-22-23(15-19)36-18-35-22)26(27(33)34)21(29)10-13-28-11-6-7-24(28)31/h8-9,15,20-21,26H,3-7,10-14,16-18H2,1-2H3,(H,33,34)/t20-,21+,26-/m1/s1. The molecule has 0 unspecified atom stereocenters. The highest BCUT2D eigenvalue weighted by atomic mass is 16.7. The molecule has 2 saturated heterocycles. The van der Waals surface area contributed by atoms with Crippen LogP contribution in [0.2, 0.25) is 0 Å². The number of carbonyl (C=O) groups excluding carboxylic acids is 2. The average Bonchev–Trinajstić information content (AvgIpc) is 3.60. The highest BCUT2D eigenvalue weighted by molar-refractivity contribution is 5.79. The predicted molar refractivity (Wildman–Crippen MR) is 135 cm³/mol. The summed E-state index contributed by atoms with van der Waals surface area (Å²) in [5, 5.41) is 11.8. The minimum Gasteiger partial charge on any atom is -0.481 e. The lowest BCUT2D eigenvalue weighted by Crippen LogP contribution is -2.45. The van der Waals surface area contributed by atoms with Gasteiger partial charge in [0.05, 0.1) is 19.1 Å². The zero-order valence-electron chi connectivity index (χ0n) is 21.9. The molecule has 3 atom stereocenters. The molecule has 0 aliphatic carbocycles. The number of carbonyl (C=O) groups is 3. The second kappa shape index (κ2) is 12.6. The number of fused-ring (bicyclic) bond motifs is 1. The summed E-state index contributed by atoms with van der Waals surface area (Å²) in [7, 11) is 0. The highest BCUT2D eigenvalue weighted by Gasteiger charge is 2.47. The van der Waals surface area contributed by atoms with E-state index >= 15 is 0 Å². The molecule has 2 fully saturated rings. The van der Waals surface area contributed by atoms with Crippen LogP contribution in [0.25, 0.3) is 0 Å². The van der Waals surface area contributed by atoms with Gasteiger partial charge in [0.25, 0.3) is 5.91 Å². The third kappa shape index (κ3) is 6.35. The third-order valence-corrected chi connectivity index (χ3v) is 7.51. The van der Waals surface area contributed by atoms with Gasteiger partial charge in [-0.2, -0.15) is 0 Å². The monoisotopic (exact) mass is 517 g/mol. The van der Waals surface area contributed by atoms with Crippen molar-refractivity contribution < 1.29 is 33.8 Å². The summed E-state index contributed by atoms with van der Waals surface area (Å²) >= 11 is 0. The number of unbranched alkanes of at least 4 members (excludes halogenated alkanes) is 1.